The van der Waals surface area contributed by atoms with E-state index in [4.69, 9.17) is 9.47 Å². The highest BCUT2D eigenvalue weighted by atomic mass is 32.2. The number of methoxy groups -OCH3 is 1. The van der Waals surface area contributed by atoms with E-state index in [1.807, 2.05) is 59.2 Å². The van der Waals surface area contributed by atoms with Crippen molar-refractivity contribution < 1.29 is 19.1 Å². The summed E-state index contributed by atoms with van der Waals surface area (Å²) in [5.41, 5.74) is 2.08. The predicted molar refractivity (Wildman–Crippen MR) is 134 cm³/mol. The summed E-state index contributed by atoms with van der Waals surface area (Å²) >= 11 is 1.27. The molecular weight excluding hydrogens is 464 g/mol. The van der Waals surface area contributed by atoms with Crippen LogP contribution in [0.5, 0.6) is 11.5 Å². The zero-order valence-electron chi connectivity index (χ0n) is 19.3. The van der Waals surface area contributed by atoms with Gasteiger partial charge in [0, 0.05) is 16.9 Å². The van der Waals surface area contributed by atoms with E-state index in [1.165, 1.54) is 18.7 Å². The second-order valence-electron chi connectivity index (χ2n) is 7.48. The van der Waals surface area contributed by atoms with Crippen molar-refractivity contribution in [2.75, 3.05) is 18.2 Å². The summed E-state index contributed by atoms with van der Waals surface area (Å²) in [6, 6.07) is 23.8. The number of ether oxygens (including phenoxy) is 2. The monoisotopic (exact) mass is 488 g/mol. The van der Waals surface area contributed by atoms with Crippen molar-refractivity contribution in [3.63, 3.8) is 0 Å². The number of Topliss-reactive ketones (excluding diaryl/α,β-unsaturated/α-hetero) is 1. The topological polar surface area (TPSA) is 95.3 Å². The zero-order valence-corrected chi connectivity index (χ0v) is 20.1. The maximum atomic E-state index is 12.5. The number of nitrogens with zero attached hydrogens (tertiary/aromatic N) is 3. The number of hydrogen-bond acceptors (Lipinski definition) is 7. The van der Waals surface area contributed by atoms with Crippen molar-refractivity contribution in [1.82, 2.24) is 14.8 Å². The third-order valence-corrected chi connectivity index (χ3v) is 5.98. The van der Waals surface area contributed by atoms with E-state index in [0.29, 0.717) is 33.7 Å². The second kappa shape index (κ2) is 11.3. The zero-order chi connectivity index (χ0) is 24.6. The Morgan fingerprint density at radius 3 is 2.29 bits per heavy atom. The van der Waals surface area contributed by atoms with Gasteiger partial charge in [-0.2, -0.15) is 0 Å². The number of amides is 1. The fourth-order valence-electron chi connectivity index (χ4n) is 3.32. The summed E-state index contributed by atoms with van der Waals surface area (Å²) < 4.78 is 13.2. The first-order valence-corrected chi connectivity index (χ1v) is 11.8. The summed E-state index contributed by atoms with van der Waals surface area (Å²) in [5.74, 6) is 1.73. The molecule has 0 spiro atoms. The Kier molecular flexibility index (Phi) is 7.79. The van der Waals surface area contributed by atoms with Gasteiger partial charge in [-0.05, 0) is 55.5 Å². The number of para-hydroxylation sites is 3. The minimum Gasteiger partial charge on any atom is -0.493 e. The molecular formula is C26H24N4O4S. The Morgan fingerprint density at radius 1 is 0.914 bits per heavy atom. The number of hydrogen-bond donors (Lipinski definition) is 1. The minimum absolute atomic E-state index is 0.0239. The van der Waals surface area contributed by atoms with Gasteiger partial charge in [0.05, 0.1) is 12.9 Å². The van der Waals surface area contributed by atoms with Crippen LogP contribution in [0.2, 0.25) is 0 Å². The fourth-order valence-corrected chi connectivity index (χ4v) is 4.09. The van der Waals surface area contributed by atoms with Gasteiger partial charge in [-0.25, -0.2) is 0 Å². The molecule has 1 aromatic heterocycles. The Balaban J connectivity index is 1.47. The average Bonchev–Trinajstić information content (AvgIpc) is 3.30. The molecule has 1 N–H and O–H groups in total. The summed E-state index contributed by atoms with van der Waals surface area (Å²) in [5, 5.41) is 12.0. The van der Waals surface area contributed by atoms with Gasteiger partial charge in [0.15, 0.2) is 28.3 Å². The number of nitrogens with one attached hydrogen (secondary N) is 1. The van der Waals surface area contributed by atoms with Gasteiger partial charge < -0.3 is 14.8 Å². The third kappa shape index (κ3) is 6.07. The summed E-state index contributed by atoms with van der Waals surface area (Å²) in [4.78, 5) is 24.0. The molecule has 4 rings (SSSR count). The lowest BCUT2D eigenvalue weighted by Gasteiger charge is -2.12. The number of rotatable bonds is 10. The normalized spacial score (nSPS) is 10.6. The molecule has 4 aromatic rings. The standard InChI is InChI=1S/C26H24N4O4S/c1-18(31)19-12-14-20(15-13-19)27-25(32)17-35-26-29-28-24(30(26)21-8-4-3-5-9-21)16-34-23-11-7-6-10-22(23)33-2/h3-15H,16-17H2,1-2H3,(H,27,32). The molecule has 3 aromatic carbocycles. The molecule has 178 valence electrons. The molecule has 0 bridgehead atoms. The molecule has 0 radical (unpaired) electrons. The van der Waals surface area contributed by atoms with E-state index < -0.39 is 0 Å². The van der Waals surface area contributed by atoms with Gasteiger partial charge in [0.2, 0.25) is 5.91 Å². The minimum atomic E-state index is -0.194. The number of carbonyl (C=O) groups excluding carboxylic acids is 2. The highest BCUT2D eigenvalue weighted by molar-refractivity contribution is 7.99. The van der Waals surface area contributed by atoms with Crippen LogP contribution in [0.25, 0.3) is 5.69 Å². The maximum absolute atomic E-state index is 12.5. The van der Waals surface area contributed by atoms with Crippen LogP contribution in [0, 0.1) is 0 Å². The number of carbonyl (C=O) groups is 2. The summed E-state index contributed by atoms with van der Waals surface area (Å²) in [6.07, 6.45) is 0. The van der Waals surface area contributed by atoms with Gasteiger partial charge in [0.1, 0.15) is 6.61 Å². The summed E-state index contributed by atoms with van der Waals surface area (Å²) in [6.45, 7) is 1.67. The molecule has 0 saturated carbocycles. The molecule has 0 saturated heterocycles. The Labute approximate surface area is 207 Å². The highest BCUT2D eigenvalue weighted by Crippen LogP contribution is 2.28. The van der Waals surface area contributed by atoms with E-state index in [2.05, 4.69) is 15.5 Å². The van der Waals surface area contributed by atoms with Gasteiger partial charge >= 0.3 is 0 Å². The van der Waals surface area contributed by atoms with E-state index in [0.717, 1.165) is 5.69 Å². The van der Waals surface area contributed by atoms with Gasteiger partial charge in [-0.15, -0.1) is 10.2 Å². The van der Waals surface area contributed by atoms with Crippen molar-refractivity contribution in [3.8, 4) is 17.2 Å². The van der Waals surface area contributed by atoms with E-state index in [1.54, 1.807) is 31.4 Å². The molecule has 1 amide bonds. The van der Waals surface area contributed by atoms with E-state index in [9.17, 15) is 9.59 Å². The van der Waals surface area contributed by atoms with Gasteiger partial charge in [-0.3, -0.25) is 14.2 Å². The van der Waals surface area contributed by atoms with Crippen LogP contribution in [0.15, 0.2) is 84.0 Å². The number of aromatic nitrogens is 3. The first-order valence-electron chi connectivity index (χ1n) is 10.8. The molecule has 0 aliphatic heterocycles. The average molecular weight is 489 g/mol. The van der Waals surface area contributed by atoms with Crippen molar-refractivity contribution >= 4 is 29.1 Å². The van der Waals surface area contributed by atoms with Crippen LogP contribution in [0.3, 0.4) is 0 Å². The molecule has 0 atom stereocenters. The Morgan fingerprint density at radius 2 is 1.60 bits per heavy atom. The largest absolute Gasteiger partial charge is 0.493 e. The number of anilines is 1. The van der Waals surface area contributed by atoms with Gasteiger partial charge in [0.25, 0.3) is 0 Å². The Bertz CT molecular complexity index is 1310. The Hall–Kier alpha value is -4.11. The number of benzene rings is 3. The first-order chi connectivity index (χ1) is 17.0. The molecule has 9 heteroatoms. The van der Waals surface area contributed by atoms with Crippen LogP contribution in [0.1, 0.15) is 23.1 Å². The summed E-state index contributed by atoms with van der Waals surface area (Å²) in [7, 11) is 1.59. The molecule has 35 heavy (non-hydrogen) atoms. The van der Waals surface area contributed by atoms with Crippen LogP contribution in [-0.4, -0.2) is 39.3 Å². The van der Waals surface area contributed by atoms with Crippen LogP contribution in [0.4, 0.5) is 5.69 Å². The first kappa shape index (κ1) is 24.0. The smallest absolute Gasteiger partial charge is 0.234 e. The lowest BCUT2D eigenvalue weighted by Crippen LogP contribution is -2.15. The molecule has 0 aliphatic carbocycles. The molecule has 0 fully saturated rings. The van der Waals surface area contributed by atoms with Crippen LogP contribution in [-0.2, 0) is 11.4 Å². The van der Waals surface area contributed by atoms with Crippen molar-refractivity contribution in [2.45, 2.75) is 18.7 Å². The molecule has 1 heterocycles. The van der Waals surface area contributed by atoms with Crippen molar-refractivity contribution in [2.24, 2.45) is 0 Å². The lowest BCUT2D eigenvalue weighted by atomic mass is 10.1. The SMILES string of the molecule is COc1ccccc1OCc1nnc(SCC(=O)Nc2ccc(C(C)=O)cc2)n1-c1ccccc1. The lowest BCUT2D eigenvalue weighted by molar-refractivity contribution is -0.113. The van der Waals surface area contributed by atoms with Crippen LogP contribution >= 0.6 is 11.8 Å². The van der Waals surface area contributed by atoms with E-state index >= 15 is 0 Å². The van der Waals surface area contributed by atoms with Crippen molar-refractivity contribution in [3.05, 3.63) is 90.3 Å². The molecule has 0 unspecified atom stereocenters. The fraction of sp³-hybridized carbons (Fsp3) is 0.154. The quantitative estimate of drug-likeness (QED) is 0.253. The van der Waals surface area contributed by atoms with E-state index in [-0.39, 0.29) is 24.1 Å². The second-order valence-corrected chi connectivity index (χ2v) is 8.42. The van der Waals surface area contributed by atoms with Gasteiger partial charge in [-0.1, -0.05) is 42.1 Å². The molecule has 0 aliphatic rings. The highest BCUT2D eigenvalue weighted by Gasteiger charge is 2.17. The van der Waals surface area contributed by atoms with Crippen LogP contribution < -0.4 is 14.8 Å². The van der Waals surface area contributed by atoms with Crippen molar-refractivity contribution in [1.29, 1.82) is 0 Å². The maximum Gasteiger partial charge on any atom is 0.234 e. The third-order valence-electron chi connectivity index (χ3n) is 5.05. The predicted octanol–water partition coefficient (Wildman–Crippen LogP) is 4.79. The molecule has 8 nitrogen and oxygen atoms in total. The number of ketones is 1. The number of thioether (sulfide) groups is 1.